The van der Waals surface area contributed by atoms with E-state index in [0.29, 0.717) is 12.4 Å². The number of hydrogen-bond acceptors (Lipinski definition) is 4. The molecule has 0 aliphatic carbocycles. The second-order valence-corrected chi connectivity index (χ2v) is 2.03. The molecule has 0 saturated carbocycles. The van der Waals surface area contributed by atoms with Gasteiger partial charge in [-0.2, -0.15) is 0 Å². The summed E-state index contributed by atoms with van der Waals surface area (Å²) in [6.07, 6.45) is 2.54. The van der Waals surface area contributed by atoms with E-state index in [1.165, 1.54) is 0 Å². The Hall–Kier alpha value is -1.32. The first-order valence-electron chi connectivity index (χ1n) is 3.24. The van der Waals surface area contributed by atoms with Crippen LogP contribution < -0.4 is 5.32 Å². The Labute approximate surface area is 66.6 Å². The first-order valence-corrected chi connectivity index (χ1v) is 3.24. The van der Waals surface area contributed by atoms with E-state index in [0.717, 1.165) is 6.29 Å². The standard InChI is InChI=1S/C7H13N3O/c1-8-7(9-2)6-10(3)4-5-11/h5-6,9H,1,4H2,2-3H3/b7-6+. The lowest BCUT2D eigenvalue weighted by Gasteiger charge is -2.10. The third-order valence-corrected chi connectivity index (χ3v) is 1.13. The van der Waals surface area contributed by atoms with Crippen LogP contribution in [0.4, 0.5) is 0 Å². The van der Waals surface area contributed by atoms with E-state index < -0.39 is 0 Å². The van der Waals surface area contributed by atoms with Crippen LogP contribution in [0.25, 0.3) is 0 Å². The molecule has 0 aliphatic heterocycles. The minimum absolute atomic E-state index is 0.362. The number of nitrogens with one attached hydrogen (secondary N) is 1. The normalized spacial score (nSPS) is 10.5. The minimum Gasteiger partial charge on any atom is -0.372 e. The molecule has 0 aliphatic rings. The summed E-state index contributed by atoms with van der Waals surface area (Å²) in [6, 6.07) is 0. The van der Waals surface area contributed by atoms with Crippen LogP contribution in [0.1, 0.15) is 0 Å². The molecule has 0 bridgehead atoms. The highest BCUT2D eigenvalue weighted by Crippen LogP contribution is 1.90. The molecule has 0 amide bonds. The molecule has 1 N–H and O–H groups in total. The molecule has 0 aromatic heterocycles. The van der Waals surface area contributed by atoms with Crippen molar-refractivity contribution < 1.29 is 4.79 Å². The average molecular weight is 155 g/mol. The van der Waals surface area contributed by atoms with Gasteiger partial charge in [-0.25, -0.2) is 4.99 Å². The zero-order valence-electron chi connectivity index (χ0n) is 6.87. The molecular weight excluding hydrogens is 142 g/mol. The van der Waals surface area contributed by atoms with Crippen molar-refractivity contribution in [2.45, 2.75) is 0 Å². The predicted octanol–water partition coefficient (Wildman–Crippen LogP) is -0.164. The molecule has 0 spiro atoms. The molecule has 0 fully saturated rings. The molecule has 0 atom stereocenters. The summed E-state index contributed by atoms with van der Waals surface area (Å²) >= 11 is 0. The number of carbonyl (C=O) groups is 1. The molecule has 0 aromatic rings. The summed E-state index contributed by atoms with van der Waals surface area (Å²) in [6.45, 7) is 3.71. The molecule has 0 rings (SSSR count). The van der Waals surface area contributed by atoms with Gasteiger partial charge in [0, 0.05) is 20.3 Å². The molecular formula is C7H13N3O. The Morgan fingerprint density at radius 1 is 1.82 bits per heavy atom. The highest BCUT2D eigenvalue weighted by atomic mass is 16.1. The molecule has 11 heavy (non-hydrogen) atoms. The molecule has 0 unspecified atom stereocenters. The Morgan fingerprint density at radius 3 is 2.82 bits per heavy atom. The highest BCUT2D eigenvalue weighted by Gasteiger charge is 1.91. The van der Waals surface area contributed by atoms with E-state index in [4.69, 9.17) is 0 Å². The second kappa shape index (κ2) is 5.46. The number of rotatable bonds is 5. The number of carbonyl (C=O) groups excluding carboxylic acids is 1. The third kappa shape index (κ3) is 4.13. The Kier molecular flexibility index (Phi) is 4.81. The van der Waals surface area contributed by atoms with Crippen LogP contribution in [0.2, 0.25) is 0 Å². The van der Waals surface area contributed by atoms with E-state index in [-0.39, 0.29) is 0 Å². The van der Waals surface area contributed by atoms with Crippen LogP contribution in [0.5, 0.6) is 0 Å². The van der Waals surface area contributed by atoms with E-state index in [9.17, 15) is 4.79 Å². The van der Waals surface area contributed by atoms with Crippen LogP contribution in [0, 0.1) is 0 Å². The zero-order valence-corrected chi connectivity index (χ0v) is 6.87. The van der Waals surface area contributed by atoms with Crippen molar-refractivity contribution in [3.8, 4) is 0 Å². The average Bonchev–Trinajstić information content (AvgIpc) is 2.01. The van der Waals surface area contributed by atoms with Gasteiger partial charge >= 0.3 is 0 Å². The van der Waals surface area contributed by atoms with Gasteiger partial charge in [-0.05, 0) is 6.72 Å². The summed E-state index contributed by atoms with van der Waals surface area (Å²) in [7, 11) is 3.53. The molecule has 0 aromatic carbocycles. The van der Waals surface area contributed by atoms with Gasteiger partial charge in [0.1, 0.15) is 12.1 Å². The maximum absolute atomic E-state index is 10.0. The van der Waals surface area contributed by atoms with Gasteiger partial charge < -0.3 is 15.0 Å². The maximum atomic E-state index is 10.0. The van der Waals surface area contributed by atoms with Crippen molar-refractivity contribution in [1.82, 2.24) is 10.2 Å². The molecule has 0 heterocycles. The van der Waals surface area contributed by atoms with Gasteiger partial charge in [0.2, 0.25) is 0 Å². The number of likely N-dealkylation sites (N-methyl/N-ethyl adjacent to an activating group) is 1. The van der Waals surface area contributed by atoms with Gasteiger partial charge in [0.15, 0.2) is 0 Å². The van der Waals surface area contributed by atoms with Crippen molar-refractivity contribution in [3.05, 3.63) is 12.0 Å². The van der Waals surface area contributed by atoms with Crippen LogP contribution in [0.15, 0.2) is 17.0 Å². The third-order valence-electron chi connectivity index (χ3n) is 1.13. The summed E-state index contributed by atoms with van der Waals surface area (Å²) in [4.78, 5) is 15.4. The van der Waals surface area contributed by atoms with Crippen molar-refractivity contribution >= 4 is 13.0 Å². The fraction of sp³-hybridized carbons (Fsp3) is 0.429. The molecule has 62 valence electrons. The minimum atomic E-state index is 0.362. The smallest absolute Gasteiger partial charge is 0.140 e. The second-order valence-electron chi connectivity index (χ2n) is 2.03. The summed E-state index contributed by atoms with van der Waals surface area (Å²) in [5.41, 5.74) is 0. The Morgan fingerprint density at radius 2 is 2.45 bits per heavy atom. The molecule has 0 saturated heterocycles. The van der Waals surface area contributed by atoms with E-state index in [1.54, 1.807) is 25.2 Å². The SMILES string of the molecule is C=N/C(=C\N(C)CC=O)NC. The monoisotopic (exact) mass is 155 g/mol. The van der Waals surface area contributed by atoms with Crippen molar-refractivity contribution in [3.63, 3.8) is 0 Å². The largest absolute Gasteiger partial charge is 0.372 e. The lowest BCUT2D eigenvalue weighted by molar-refractivity contribution is -0.108. The first kappa shape index (κ1) is 9.68. The van der Waals surface area contributed by atoms with Crippen LogP contribution >= 0.6 is 0 Å². The molecule has 4 heteroatoms. The van der Waals surface area contributed by atoms with Gasteiger partial charge in [-0.15, -0.1) is 0 Å². The van der Waals surface area contributed by atoms with Crippen LogP contribution in [-0.2, 0) is 4.79 Å². The van der Waals surface area contributed by atoms with Crippen LogP contribution in [-0.4, -0.2) is 38.5 Å². The first-order chi connectivity index (χ1) is 5.24. The number of nitrogens with zero attached hydrogens (tertiary/aromatic N) is 2. The van der Waals surface area contributed by atoms with E-state index in [2.05, 4.69) is 17.0 Å². The predicted molar refractivity (Wildman–Crippen MR) is 45.4 cm³/mol. The van der Waals surface area contributed by atoms with E-state index >= 15 is 0 Å². The molecule has 4 nitrogen and oxygen atoms in total. The van der Waals surface area contributed by atoms with Gasteiger partial charge in [-0.1, -0.05) is 0 Å². The number of aliphatic imine (C=N–C) groups is 1. The Bertz CT molecular complexity index is 165. The van der Waals surface area contributed by atoms with Crippen LogP contribution in [0.3, 0.4) is 0 Å². The maximum Gasteiger partial charge on any atom is 0.140 e. The van der Waals surface area contributed by atoms with Gasteiger partial charge in [-0.3, -0.25) is 0 Å². The van der Waals surface area contributed by atoms with Gasteiger partial charge in [0.25, 0.3) is 0 Å². The fourth-order valence-electron chi connectivity index (χ4n) is 0.563. The van der Waals surface area contributed by atoms with Crippen molar-refractivity contribution in [2.24, 2.45) is 4.99 Å². The number of hydrogen-bond donors (Lipinski definition) is 1. The van der Waals surface area contributed by atoms with E-state index in [1.807, 2.05) is 0 Å². The zero-order chi connectivity index (χ0) is 8.69. The quantitative estimate of drug-likeness (QED) is 0.443. The van der Waals surface area contributed by atoms with Crippen molar-refractivity contribution in [2.75, 3.05) is 20.6 Å². The van der Waals surface area contributed by atoms with Gasteiger partial charge in [0.05, 0.1) is 6.54 Å². The summed E-state index contributed by atoms with van der Waals surface area (Å²) < 4.78 is 0. The fourth-order valence-corrected chi connectivity index (χ4v) is 0.563. The lowest BCUT2D eigenvalue weighted by atomic mass is 10.6. The highest BCUT2D eigenvalue weighted by molar-refractivity contribution is 5.52. The molecule has 0 radical (unpaired) electrons. The Balaban J connectivity index is 4.01. The number of aldehydes is 1. The summed E-state index contributed by atoms with van der Waals surface area (Å²) in [5.74, 6) is 0.648. The topological polar surface area (TPSA) is 44.7 Å². The van der Waals surface area contributed by atoms with Crippen molar-refractivity contribution in [1.29, 1.82) is 0 Å². The lowest BCUT2D eigenvalue weighted by Crippen LogP contribution is -2.16. The summed E-state index contributed by atoms with van der Waals surface area (Å²) in [5, 5.41) is 2.82.